The van der Waals surface area contributed by atoms with Crippen molar-refractivity contribution in [2.45, 2.75) is 64.3 Å². The minimum Gasteiger partial charge on any atom is -0.392 e. The molecular weight excluding hydrogens is 214 g/mol. The van der Waals surface area contributed by atoms with Crippen molar-refractivity contribution < 1.29 is 5.11 Å². The molecule has 0 saturated heterocycles. The van der Waals surface area contributed by atoms with E-state index in [1.165, 1.54) is 6.42 Å². The molecular formula is C13H23N3O. The Morgan fingerprint density at radius 2 is 2.24 bits per heavy atom. The van der Waals surface area contributed by atoms with Crippen LogP contribution in [0.3, 0.4) is 0 Å². The van der Waals surface area contributed by atoms with Crippen LogP contribution in [-0.4, -0.2) is 27.0 Å². The van der Waals surface area contributed by atoms with Gasteiger partial charge < -0.3 is 10.4 Å². The van der Waals surface area contributed by atoms with Crippen LogP contribution in [0, 0.1) is 0 Å². The third-order valence-electron chi connectivity index (χ3n) is 3.47. The first-order valence-corrected chi connectivity index (χ1v) is 6.62. The molecule has 0 radical (unpaired) electrons. The van der Waals surface area contributed by atoms with Gasteiger partial charge in [0.25, 0.3) is 0 Å². The fourth-order valence-electron chi connectivity index (χ4n) is 2.34. The molecule has 1 heterocycles. The Kier molecular flexibility index (Phi) is 4.18. The zero-order valence-electron chi connectivity index (χ0n) is 10.8. The van der Waals surface area contributed by atoms with Crippen molar-refractivity contribution >= 4 is 0 Å². The van der Waals surface area contributed by atoms with E-state index in [0.29, 0.717) is 6.04 Å². The number of aliphatic hydroxyl groups is 1. The van der Waals surface area contributed by atoms with Crippen LogP contribution in [0.2, 0.25) is 0 Å². The Hall–Kier alpha value is -0.870. The summed E-state index contributed by atoms with van der Waals surface area (Å²) in [5.41, 5.74) is 1.05. The molecule has 2 N–H and O–H groups in total. The SMILES string of the molecule is CC(C)n1ccc(CNC2CCCCC2O)n1. The normalized spacial score (nSPS) is 25.4. The molecule has 2 unspecified atom stereocenters. The molecule has 0 bridgehead atoms. The number of aromatic nitrogens is 2. The van der Waals surface area contributed by atoms with Gasteiger partial charge in [0.15, 0.2) is 0 Å². The van der Waals surface area contributed by atoms with Crippen molar-refractivity contribution in [3.63, 3.8) is 0 Å². The smallest absolute Gasteiger partial charge is 0.0762 e. The van der Waals surface area contributed by atoms with Gasteiger partial charge in [0.1, 0.15) is 0 Å². The van der Waals surface area contributed by atoms with Crippen LogP contribution < -0.4 is 5.32 Å². The summed E-state index contributed by atoms with van der Waals surface area (Å²) in [5.74, 6) is 0. The number of rotatable bonds is 4. The van der Waals surface area contributed by atoms with Crippen LogP contribution >= 0.6 is 0 Å². The Labute approximate surface area is 103 Å². The standard InChI is InChI=1S/C13H23N3O/c1-10(2)16-8-7-11(15-16)9-14-12-5-3-4-6-13(12)17/h7-8,10,12-14,17H,3-6,9H2,1-2H3. The van der Waals surface area contributed by atoms with E-state index in [-0.39, 0.29) is 12.1 Å². The van der Waals surface area contributed by atoms with Crippen LogP contribution in [0.5, 0.6) is 0 Å². The molecule has 1 fully saturated rings. The monoisotopic (exact) mass is 237 g/mol. The van der Waals surface area contributed by atoms with E-state index in [1.54, 1.807) is 0 Å². The van der Waals surface area contributed by atoms with Gasteiger partial charge in [-0.3, -0.25) is 4.68 Å². The topological polar surface area (TPSA) is 50.1 Å². The minimum atomic E-state index is -0.184. The predicted molar refractivity (Wildman–Crippen MR) is 67.7 cm³/mol. The van der Waals surface area contributed by atoms with Gasteiger partial charge in [-0.15, -0.1) is 0 Å². The second-order valence-corrected chi connectivity index (χ2v) is 5.22. The fourth-order valence-corrected chi connectivity index (χ4v) is 2.34. The highest BCUT2D eigenvalue weighted by Crippen LogP contribution is 2.18. The second kappa shape index (κ2) is 5.65. The average molecular weight is 237 g/mol. The molecule has 96 valence electrons. The number of hydrogen-bond donors (Lipinski definition) is 2. The zero-order valence-corrected chi connectivity index (χ0v) is 10.8. The summed E-state index contributed by atoms with van der Waals surface area (Å²) in [5, 5.41) is 17.8. The van der Waals surface area contributed by atoms with E-state index in [2.05, 4.69) is 24.3 Å². The van der Waals surface area contributed by atoms with Crippen LogP contribution in [0.25, 0.3) is 0 Å². The molecule has 0 aliphatic heterocycles. The third-order valence-corrected chi connectivity index (χ3v) is 3.47. The fraction of sp³-hybridized carbons (Fsp3) is 0.769. The molecule has 0 spiro atoms. The first-order valence-electron chi connectivity index (χ1n) is 6.62. The van der Waals surface area contributed by atoms with Crippen LogP contribution in [0.4, 0.5) is 0 Å². The summed E-state index contributed by atoms with van der Waals surface area (Å²) in [4.78, 5) is 0. The van der Waals surface area contributed by atoms with E-state index in [4.69, 9.17) is 0 Å². The van der Waals surface area contributed by atoms with Crippen molar-refractivity contribution in [1.82, 2.24) is 15.1 Å². The number of hydrogen-bond acceptors (Lipinski definition) is 3. The van der Waals surface area contributed by atoms with Crippen molar-refractivity contribution in [3.8, 4) is 0 Å². The van der Waals surface area contributed by atoms with Crippen molar-refractivity contribution in [2.75, 3.05) is 0 Å². The molecule has 0 aromatic carbocycles. The highest BCUT2D eigenvalue weighted by Gasteiger charge is 2.22. The maximum Gasteiger partial charge on any atom is 0.0762 e. The molecule has 4 heteroatoms. The van der Waals surface area contributed by atoms with Crippen molar-refractivity contribution in [2.24, 2.45) is 0 Å². The Morgan fingerprint density at radius 3 is 2.88 bits per heavy atom. The van der Waals surface area contributed by atoms with E-state index in [1.807, 2.05) is 16.9 Å². The number of nitrogens with zero attached hydrogens (tertiary/aromatic N) is 2. The summed E-state index contributed by atoms with van der Waals surface area (Å²) in [6.45, 7) is 4.99. The lowest BCUT2D eigenvalue weighted by Gasteiger charge is -2.28. The third kappa shape index (κ3) is 3.30. The number of aliphatic hydroxyl groups excluding tert-OH is 1. The summed E-state index contributed by atoms with van der Waals surface area (Å²) < 4.78 is 1.97. The molecule has 1 aromatic heterocycles. The average Bonchev–Trinajstić information content (AvgIpc) is 2.77. The molecule has 1 aliphatic rings. The summed E-state index contributed by atoms with van der Waals surface area (Å²) in [6.07, 6.45) is 6.20. The zero-order chi connectivity index (χ0) is 12.3. The molecule has 2 atom stereocenters. The van der Waals surface area contributed by atoms with Gasteiger partial charge in [-0.25, -0.2) is 0 Å². The highest BCUT2D eigenvalue weighted by molar-refractivity contribution is 5.00. The minimum absolute atomic E-state index is 0.184. The van der Waals surface area contributed by atoms with Crippen molar-refractivity contribution in [3.05, 3.63) is 18.0 Å². The van der Waals surface area contributed by atoms with Crippen molar-refractivity contribution in [1.29, 1.82) is 0 Å². The van der Waals surface area contributed by atoms with Gasteiger partial charge >= 0.3 is 0 Å². The van der Waals surface area contributed by atoms with Gasteiger partial charge in [-0.2, -0.15) is 5.10 Å². The van der Waals surface area contributed by atoms with E-state index in [9.17, 15) is 5.11 Å². The quantitative estimate of drug-likeness (QED) is 0.840. The van der Waals surface area contributed by atoms with Gasteiger partial charge in [0, 0.05) is 24.8 Å². The summed E-state index contributed by atoms with van der Waals surface area (Å²) in [7, 11) is 0. The summed E-state index contributed by atoms with van der Waals surface area (Å²) in [6, 6.07) is 2.69. The first-order chi connectivity index (χ1) is 8.16. The van der Waals surface area contributed by atoms with Gasteiger partial charge in [0.2, 0.25) is 0 Å². The predicted octanol–water partition coefficient (Wildman–Crippen LogP) is 1.86. The van der Waals surface area contributed by atoms with Gasteiger partial charge in [-0.1, -0.05) is 12.8 Å². The lowest BCUT2D eigenvalue weighted by Crippen LogP contribution is -2.41. The van der Waals surface area contributed by atoms with Crippen LogP contribution in [0.1, 0.15) is 51.3 Å². The molecule has 1 aliphatic carbocycles. The highest BCUT2D eigenvalue weighted by atomic mass is 16.3. The van der Waals surface area contributed by atoms with Crippen LogP contribution in [-0.2, 0) is 6.54 Å². The maximum atomic E-state index is 9.85. The Morgan fingerprint density at radius 1 is 1.47 bits per heavy atom. The lowest BCUT2D eigenvalue weighted by molar-refractivity contribution is 0.0900. The molecule has 2 rings (SSSR count). The number of nitrogens with one attached hydrogen (secondary N) is 1. The molecule has 4 nitrogen and oxygen atoms in total. The van der Waals surface area contributed by atoms with Gasteiger partial charge in [0.05, 0.1) is 11.8 Å². The largest absolute Gasteiger partial charge is 0.392 e. The Balaban J connectivity index is 1.84. The Bertz CT molecular complexity index is 348. The van der Waals surface area contributed by atoms with Crippen LogP contribution in [0.15, 0.2) is 12.3 Å². The lowest BCUT2D eigenvalue weighted by atomic mass is 9.92. The molecule has 1 saturated carbocycles. The van der Waals surface area contributed by atoms with E-state index < -0.39 is 0 Å². The second-order valence-electron chi connectivity index (χ2n) is 5.22. The molecule has 1 aromatic rings. The maximum absolute atomic E-state index is 9.85. The van der Waals surface area contributed by atoms with E-state index >= 15 is 0 Å². The molecule has 0 amide bonds. The van der Waals surface area contributed by atoms with Gasteiger partial charge in [-0.05, 0) is 32.8 Å². The summed E-state index contributed by atoms with van der Waals surface area (Å²) >= 11 is 0. The van der Waals surface area contributed by atoms with E-state index in [0.717, 1.165) is 31.5 Å². The first kappa shape index (κ1) is 12.6. The molecule has 17 heavy (non-hydrogen) atoms.